The van der Waals surface area contributed by atoms with Crippen LogP contribution >= 0.6 is 11.6 Å². The van der Waals surface area contributed by atoms with Gasteiger partial charge in [-0.1, -0.05) is 48.4 Å². The summed E-state index contributed by atoms with van der Waals surface area (Å²) in [4.78, 5) is 52.0. The van der Waals surface area contributed by atoms with E-state index in [1.54, 1.807) is 26.1 Å². The second kappa shape index (κ2) is 14.5. The van der Waals surface area contributed by atoms with E-state index < -0.39 is 64.4 Å². The van der Waals surface area contributed by atoms with Crippen LogP contribution in [0.3, 0.4) is 0 Å². The second-order valence-electron chi connectivity index (χ2n) is 13.6. The molecule has 2 amide bonds. The number of rotatable bonds is 4. The minimum Gasteiger partial charge on any atom is -0.462 e. The molecular formula is C36H42ClN3O10. The maximum absolute atomic E-state index is 14.0. The average Bonchev–Trinajstić information content (AvgIpc) is 3.75. The third kappa shape index (κ3) is 7.86. The van der Waals surface area contributed by atoms with E-state index in [2.05, 4.69) is 5.32 Å². The standard InChI is InChI=1S/C36H42ClN3O10/c1-20-8-7-9-28(47-6)36(44)18-27(48-31(42)19-36)22(3)33-35(4,50-33)29(49-34(43)38-24-10-12-25(13-11-24)40(45)46)17-30(41)39(5)26-16-23(14-20)15-21(2)32(26)37/h7-13,15-16,22,27-29,33,44H,14,17-19H2,1-6H3,(H,38,43)/b9-7+,20-8+/t22-,27+,28-,29+,33+,35+,36-/m1/s1. The topological polar surface area (TPSA) is 170 Å². The number of epoxide rings is 1. The largest absolute Gasteiger partial charge is 0.462 e. The number of aryl methyl sites for hydroxylation is 1. The van der Waals surface area contributed by atoms with Gasteiger partial charge in [-0.15, -0.1) is 0 Å². The van der Waals surface area contributed by atoms with E-state index in [4.69, 9.17) is 30.5 Å². The van der Waals surface area contributed by atoms with Crippen LogP contribution in [0.1, 0.15) is 51.2 Å². The highest BCUT2D eigenvalue weighted by Gasteiger charge is 2.64. The first-order valence-corrected chi connectivity index (χ1v) is 16.7. The first-order valence-electron chi connectivity index (χ1n) is 16.3. The zero-order valence-electron chi connectivity index (χ0n) is 28.8. The van der Waals surface area contributed by atoms with Crippen molar-refractivity contribution in [1.82, 2.24) is 0 Å². The van der Waals surface area contributed by atoms with Gasteiger partial charge >= 0.3 is 12.1 Å². The van der Waals surface area contributed by atoms with Gasteiger partial charge in [0.1, 0.15) is 29.5 Å². The van der Waals surface area contributed by atoms with Crippen molar-refractivity contribution in [1.29, 1.82) is 0 Å². The molecule has 2 N–H and O–H groups in total. The Morgan fingerprint density at radius 3 is 2.56 bits per heavy atom. The summed E-state index contributed by atoms with van der Waals surface area (Å²) in [6, 6.07) is 8.99. The van der Waals surface area contributed by atoms with Crippen LogP contribution < -0.4 is 10.2 Å². The smallest absolute Gasteiger partial charge is 0.412 e. The molecule has 7 atom stereocenters. The van der Waals surface area contributed by atoms with Gasteiger partial charge in [0, 0.05) is 44.3 Å². The molecule has 2 saturated heterocycles. The third-order valence-electron chi connectivity index (χ3n) is 9.78. The monoisotopic (exact) mass is 711 g/mol. The molecule has 2 fully saturated rings. The second-order valence-corrected chi connectivity index (χ2v) is 13.9. The molecule has 2 aromatic rings. The highest BCUT2D eigenvalue weighted by Crippen LogP contribution is 2.49. The number of hydrogen-bond acceptors (Lipinski definition) is 10. The molecule has 0 spiro atoms. The number of aliphatic hydroxyl groups is 1. The van der Waals surface area contributed by atoms with Crippen molar-refractivity contribution in [2.24, 2.45) is 5.92 Å². The summed E-state index contributed by atoms with van der Waals surface area (Å²) in [5.41, 5.74) is 0.459. The predicted octanol–water partition coefficient (Wildman–Crippen LogP) is 5.83. The lowest BCUT2D eigenvalue weighted by molar-refractivity contribution is -0.384. The van der Waals surface area contributed by atoms with Crippen molar-refractivity contribution >= 4 is 46.6 Å². The maximum Gasteiger partial charge on any atom is 0.412 e. The number of amides is 2. The van der Waals surface area contributed by atoms with Gasteiger partial charge in [0.15, 0.2) is 0 Å². The number of benzene rings is 2. The van der Waals surface area contributed by atoms with Gasteiger partial charge in [-0.3, -0.25) is 25.0 Å². The van der Waals surface area contributed by atoms with Crippen molar-refractivity contribution in [2.45, 2.75) is 89.0 Å². The lowest BCUT2D eigenvalue weighted by Gasteiger charge is -2.41. The Balaban J connectivity index is 1.51. The Kier molecular flexibility index (Phi) is 10.7. The molecule has 0 aromatic heterocycles. The Morgan fingerprint density at radius 2 is 1.90 bits per heavy atom. The van der Waals surface area contributed by atoms with E-state index in [0.717, 1.165) is 16.7 Å². The van der Waals surface area contributed by atoms with E-state index >= 15 is 0 Å². The van der Waals surface area contributed by atoms with E-state index in [0.29, 0.717) is 17.1 Å². The average molecular weight is 712 g/mol. The molecule has 13 nitrogen and oxygen atoms in total. The van der Waals surface area contributed by atoms with Gasteiger partial charge in [0.25, 0.3) is 5.69 Å². The summed E-state index contributed by atoms with van der Waals surface area (Å²) in [5, 5.41) is 25.8. The lowest BCUT2D eigenvalue weighted by atomic mass is 9.78. The SMILES string of the molecule is CO[C@@H]1/C=C/C=C(\C)Cc2cc(C)c(Cl)c(c2)N(C)C(=O)C[C@H](OC(=O)Nc2ccc([N+](=O)[O-])cc2)[C@]2(C)O[C@H]2[C@H](C)[C@@H]2C[C@@]1(O)CC(=O)O2. The molecule has 4 bridgehead atoms. The zero-order chi connectivity index (χ0) is 36.5. The van der Waals surface area contributed by atoms with Crippen molar-refractivity contribution in [2.75, 3.05) is 24.4 Å². The summed E-state index contributed by atoms with van der Waals surface area (Å²) >= 11 is 6.73. The molecule has 0 aliphatic carbocycles. The number of nitro groups is 1. The fraction of sp³-hybridized carbons (Fsp3) is 0.472. The Labute approximate surface area is 295 Å². The van der Waals surface area contributed by atoms with E-state index in [1.807, 2.05) is 39.0 Å². The number of nitrogens with zero attached hydrogens (tertiary/aromatic N) is 2. The number of allylic oxidation sites excluding steroid dienone is 3. The molecule has 0 saturated carbocycles. The summed E-state index contributed by atoms with van der Waals surface area (Å²) in [7, 11) is 3.06. The quantitative estimate of drug-likeness (QED) is 0.170. The number of nitrogens with one attached hydrogen (secondary N) is 1. The number of non-ortho nitro benzene ring substituents is 1. The minimum absolute atomic E-state index is 0.0544. The number of carbonyl (C=O) groups is 3. The fourth-order valence-corrected chi connectivity index (χ4v) is 7.07. The Morgan fingerprint density at radius 1 is 1.20 bits per heavy atom. The zero-order valence-corrected chi connectivity index (χ0v) is 29.6. The first-order chi connectivity index (χ1) is 23.5. The van der Waals surface area contributed by atoms with Crippen molar-refractivity contribution in [3.63, 3.8) is 0 Å². The van der Waals surface area contributed by atoms with Crippen LogP contribution in [0.15, 0.2) is 60.2 Å². The molecule has 3 aliphatic heterocycles. The van der Waals surface area contributed by atoms with Gasteiger partial charge in [-0.2, -0.15) is 0 Å². The van der Waals surface area contributed by atoms with E-state index in [-0.39, 0.29) is 30.6 Å². The third-order valence-corrected chi connectivity index (χ3v) is 10.3. The summed E-state index contributed by atoms with van der Waals surface area (Å²) < 4.78 is 23.5. The number of esters is 1. The molecule has 268 valence electrons. The van der Waals surface area contributed by atoms with E-state index in [1.165, 1.54) is 36.3 Å². The molecule has 50 heavy (non-hydrogen) atoms. The van der Waals surface area contributed by atoms with Gasteiger partial charge < -0.3 is 29.0 Å². The highest BCUT2D eigenvalue weighted by atomic mass is 35.5. The van der Waals surface area contributed by atoms with Crippen LogP contribution in [0.2, 0.25) is 5.02 Å². The lowest BCUT2D eigenvalue weighted by Crippen LogP contribution is -2.53. The van der Waals surface area contributed by atoms with Crippen LogP contribution in [0, 0.1) is 23.0 Å². The fourth-order valence-electron chi connectivity index (χ4n) is 6.84. The van der Waals surface area contributed by atoms with Crippen LogP contribution in [-0.4, -0.2) is 77.8 Å². The number of halogens is 1. The molecule has 0 unspecified atom stereocenters. The minimum atomic E-state index is -1.57. The number of fused-ring (bicyclic) bond motifs is 5. The summed E-state index contributed by atoms with van der Waals surface area (Å²) in [5.74, 6) is -1.49. The van der Waals surface area contributed by atoms with Crippen molar-refractivity contribution in [3.8, 4) is 0 Å². The Bertz CT molecular complexity index is 1730. The van der Waals surface area contributed by atoms with Crippen molar-refractivity contribution < 1.29 is 43.4 Å². The number of anilines is 2. The molecule has 3 heterocycles. The molecule has 3 aliphatic rings. The van der Waals surface area contributed by atoms with Gasteiger partial charge in [-0.05, 0) is 56.5 Å². The van der Waals surface area contributed by atoms with Gasteiger partial charge in [-0.25, -0.2) is 4.79 Å². The first kappa shape index (κ1) is 37.0. The van der Waals surface area contributed by atoms with Gasteiger partial charge in [0.2, 0.25) is 5.91 Å². The number of methoxy groups -OCH3 is 1. The van der Waals surface area contributed by atoms with Crippen LogP contribution in [0.25, 0.3) is 0 Å². The number of ether oxygens (including phenoxy) is 4. The predicted molar refractivity (Wildman–Crippen MR) is 185 cm³/mol. The highest BCUT2D eigenvalue weighted by molar-refractivity contribution is 6.34. The number of hydrogen-bond donors (Lipinski definition) is 2. The molecule has 5 rings (SSSR count). The summed E-state index contributed by atoms with van der Waals surface area (Å²) in [6.45, 7) is 7.32. The molecular weight excluding hydrogens is 670 g/mol. The number of carbonyl (C=O) groups excluding carboxylic acids is 3. The maximum atomic E-state index is 14.0. The Hall–Kier alpha value is -4.30. The molecule has 2 aromatic carbocycles. The van der Waals surface area contributed by atoms with Crippen molar-refractivity contribution in [3.05, 3.63) is 86.5 Å². The van der Waals surface area contributed by atoms with Crippen LogP contribution in [0.4, 0.5) is 21.9 Å². The summed E-state index contributed by atoms with van der Waals surface area (Å²) in [6.07, 6.45) is 1.13. The van der Waals surface area contributed by atoms with Gasteiger partial charge in [0.05, 0.1) is 34.6 Å². The molecule has 0 radical (unpaired) electrons. The molecule has 14 heteroatoms. The van der Waals surface area contributed by atoms with Crippen LogP contribution in [-0.2, 0) is 35.0 Å². The van der Waals surface area contributed by atoms with E-state index in [9.17, 15) is 29.6 Å². The van der Waals surface area contributed by atoms with Crippen LogP contribution in [0.5, 0.6) is 0 Å². The normalized spacial score (nSPS) is 31.8. The number of nitro benzene ring substituents is 1.